The first-order chi connectivity index (χ1) is 9.61. The first kappa shape index (κ1) is 13.5. The van der Waals surface area contributed by atoms with Gasteiger partial charge in [0.05, 0.1) is 11.5 Å². The van der Waals surface area contributed by atoms with Crippen LogP contribution in [0.25, 0.3) is 0 Å². The van der Waals surface area contributed by atoms with Gasteiger partial charge in [0.25, 0.3) is 0 Å². The lowest BCUT2D eigenvalue weighted by atomic mass is 10.3. The topological polar surface area (TPSA) is 113 Å². The van der Waals surface area contributed by atoms with E-state index < -0.39 is 4.92 Å². The third-order valence-corrected chi connectivity index (χ3v) is 2.31. The standard InChI is InChI=1S/C12H12N4O4/c1-2-19-9-5-3-4-6-10(9)20-11-8(16(17)18)7-14-12(13)15-11/h3-7H,2H2,1H3,(H2,13,14,15). The molecule has 0 atom stereocenters. The number of rotatable bonds is 5. The maximum atomic E-state index is 10.9. The van der Waals surface area contributed by atoms with E-state index in [-0.39, 0.29) is 17.5 Å². The van der Waals surface area contributed by atoms with E-state index in [1.165, 1.54) is 0 Å². The summed E-state index contributed by atoms with van der Waals surface area (Å²) in [5.41, 5.74) is 5.05. The Kier molecular flexibility index (Phi) is 3.94. The monoisotopic (exact) mass is 276 g/mol. The third-order valence-electron chi connectivity index (χ3n) is 2.31. The zero-order chi connectivity index (χ0) is 14.5. The van der Waals surface area contributed by atoms with Gasteiger partial charge in [0, 0.05) is 0 Å². The molecular formula is C12H12N4O4. The van der Waals surface area contributed by atoms with Gasteiger partial charge in [-0.1, -0.05) is 12.1 Å². The van der Waals surface area contributed by atoms with Crippen LogP contribution >= 0.6 is 0 Å². The minimum atomic E-state index is -0.641. The second kappa shape index (κ2) is 5.83. The van der Waals surface area contributed by atoms with Gasteiger partial charge in [-0.05, 0) is 19.1 Å². The highest BCUT2D eigenvalue weighted by Crippen LogP contribution is 2.34. The van der Waals surface area contributed by atoms with E-state index in [1.54, 1.807) is 24.3 Å². The Balaban J connectivity index is 2.39. The van der Waals surface area contributed by atoms with E-state index in [2.05, 4.69) is 9.97 Å². The molecule has 0 aliphatic heterocycles. The molecule has 2 N–H and O–H groups in total. The number of aromatic nitrogens is 2. The molecule has 1 aromatic carbocycles. The van der Waals surface area contributed by atoms with Crippen molar-refractivity contribution >= 4 is 11.6 Å². The van der Waals surface area contributed by atoms with Crippen molar-refractivity contribution in [1.29, 1.82) is 0 Å². The Hall–Kier alpha value is -2.90. The lowest BCUT2D eigenvalue weighted by Gasteiger charge is -2.10. The van der Waals surface area contributed by atoms with Gasteiger partial charge in [-0.2, -0.15) is 4.98 Å². The van der Waals surface area contributed by atoms with Crippen LogP contribution in [0.1, 0.15) is 6.92 Å². The minimum Gasteiger partial charge on any atom is -0.490 e. The highest BCUT2D eigenvalue weighted by molar-refractivity contribution is 5.47. The van der Waals surface area contributed by atoms with Crippen molar-refractivity contribution < 1.29 is 14.4 Å². The van der Waals surface area contributed by atoms with Crippen molar-refractivity contribution in [3.63, 3.8) is 0 Å². The number of hydrogen-bond donors (Lipinski definition) is 1. The van der Waals surface area contributed by atoms with Crippen LogP contribution in [0.3, 0.4) is 0 Å². The summed E-state index contributed by atoms with van der Waals surface area (Å²) in [6.45, 7) is 2.26. The second-order valence-electron chi connectivity index (χ2n) is 3.66. The summed E-state index contributed by atoms with van der Waals surface area (Å²) in [5.74, 6) is 0.436. The van der Waals surface area contributed by atoms with Crippen molar-refractivity contribution in [2.24, 2.45) is 0 Å². The Morgan fingerprint density at radius 1 is 1.35 bits per heavy atom. The molecule has 2 rings (SSSR count). The minimum absolute atomic E-state index is 0.112. The average Bonchev–Trinajstić information content (AvgIpc) is 2.41. The van der Waals surface area contributed by atoms with Gasteiger partial charge in [-0.15, -0.1) is 0 Å². The lowest BCUT2D eigenvalue weighted by Crippen LogP contribution is -2.02. The first-order valence-electron chi connectivity index (χ1n) is 5.78. The number of ether oxygens (including phenoxy) is 2. The van der Waals surface area contributed by atoms with Crippen molar-refractivity contribution in [2.75, 3.05) is 12.3 Å². The molecule has 8 nitrogen and oxygen atoms in total. The second-order valence-corrected chi connectivity index (χ2v) is 3.66. The van der Waals surface area contributed by atoms with Crippen molar-refractivity contribution in [2.45, 2.75) is 6.92 Å². The molecule has 0 saturated carbocycles. The predicted octanol–water partition coefficient (Wildman–Crippen LogP) is 2.16. The SMILES string of the molecule is CCOc1ccccc1Oc1nc(N)ncc1[N+](=O)[O-]. The van der Waals surface area contributed by atoms with E-state index >= 15 is 0 Å². The number of nitrogen functional groups attached to an aromatic ring is 1. The van der Waals surface area contributed by atoms with Crippen molar-refractivity contribution in [1.82, 2.24) is 9.97 Å². The largest absolute Gasteiger partial charge is 0.490 e. The maximum absolute atomic E-state index is 10.9. The summed E-state index contributed by atoms with van der Waals surface area (Å²) < 4.78 is 10.8. The van der Waals surface area contributed by atoms with Crippen LogP contribution in [0.15, 0.2) is 30.5 Å². The Labute approximate surface area is 114 Å². The van der Waals surface area contributed by atoms with Crippen LogP contribution in [-0.2, 0) is 0 Å². The molecule has 0 unspecified atom stereocenters. The quantitative estimate of drug-likeness (QED) is 0.657. The van der Waals surface area contributed by atoms with E-state index in [4.69, 9.17) is 15.2 Å². The molecule has 104 valence electrons. The zero-order valence-corrected chi connectivity index (χ0v) is 10.6. The van der Waals surface area contributed by atoms with Gasteiger partial charge in [-0.25, -0.2) is 4.98 Å². The summed E-state index contributed by atoms with van der Waals surface area (Å²) in [6.07, 6.45) is 1.00. The Morgan fingerprint density at radius 2 is 2.05 bits per heavy atom. The molecule has 2 aromatic rings. The predicted molar refractivity (Wildman–Crippen MR) is 70.8 cm³/mol. The van der Waals surface area contributed by atoms with Gasteiger partial charge in [0.15, 0.2) is 11.5 Å². The highest BCUT2D eigenvalue weighted by atomic mass is 16.6. The van der Waals surface area contributed by atoms with E-state index in [0.29, 0.717) is 18.1 Å². The molecule has 0 aliphatic rings. The van der Waals surface area contributed by atoms with Crippen molar-refractivity contribution in [3.8, 4) is 17.4 Å². The molecule has 1 aromatic heterocycles. The van der Waals surface area contributed by atoms with Gasteiger partial charge >= 0.3 is 11.6 Å². The molecule has 0 bridgehead atoms. The molecular weight excluding hydrogens is 264 g/mol. The molecule has 0 fully saturated rings. The Morgan fingerprint density at radius 3 is 2.70 bits per heavy atom. The number of nitro groups is 1. The van der Waals surface area contributed by atoms with Gasteiger partial charge < -0.3 is 15.2 Å². The fourth-order valence-electron chi connectivity index (χ4n) is 1.49. The average molecular weight is 276 g/mol. The summed E-state index contributed by atoms with van der Waals surface area (Å²) in [5, 5.41) is 10.9. The van der Waals surface area contributed by atoms with Gasteiger partial charge in [0.1, 0.15) is 6.20 Å². The number of para-hydroxylation sites is 2. The highest BCUT2D eigenvalue weighted by Gasteiger charge is 2.20. The fourth-order valence-corrected chi connectivity index (χ4v) is 1.49. The molecule has 0 amide bonds. The van der Waals surface area contributed by atoms with Gasteiger partial charge in [-0.3, -0.25) is 10.1 Å². The van der Waals surface area contributed by atoms with Crippen LogP contribution < -0.4 is 15.2 Å². The zero-order valence-electron chi connectivity index (χ0n) is 10.6. The van der Waals surface area contributed by atoms with Crippen molar-refractivity contribution in [3.05, 3.63) is 40.6 Å². The van der Waals surface area contributed by atoms with Crippen LogP contribution in [-0.4, -0.2) is 21.5 Å². The molecule has 0 spiro atoms. The fraction of sp³-hybridized carbons (Fsp3) is 0.167. The van der Waals surface area contributed by atoms with Crippen LogP contribution in [0.2, 0.25) is 0 Å². The van der Waals surface area contributed by atoms with E-state index in [1.807, 2.05) is 6.92 Å². The molecule has 1 heterocycles. The number of nitrogens with zero attached hydrogens (tertiary/aromatic N) is 3. The normalized spacial score (nSPS) is 10.1. The Bertz CT molecular complexity index is 633. The van der Waals surface area contributed by atoms with Crippen LogP contribution in [0.4, 0.5) is 11.6 Å². The molecule has 8 heteroatoms. The first-order valence-corrected chi connectivity index (χ1v) is 5.78. The van der Waals surface area contributed by atoms with Gasteiger partial charge in [0.2, 0.25) is 5.95 Å². The van der Waals surface area contributed by atoms with E-state index in [0.717, 1.165) is 6.20 Å². The molecule has 0 aliphatic carbocycles. The van der Waals surface area contributed by atoms with Crippen LogP contribution in [0.5, 0.6) is 17.4 Å². The smallest absolute Gasteiger partial charge is 0.349 e. The van der Waals surface area contributed by atoms with E-state index in [9.17, 15) is 10.1 Å². The summed E-state index contributed by atoms with van der Waals surface area (Å²) in [7, 11) is 0. The number of anilines is 1. The lowest BCUT2D eigenvalue weighted by molar-refractivity contribution is -0.386. The number of hydrogen-bond acceptors (Lipinski definition) is 7. The maximum Gasteiger partial charge on any atom is 0.349 e. The molecule has 20 heavy (non-hydrogen) atoms. The summed E-state index contributed by atoms with van der Waals surface area (Å²) >= 11 is 0. The number of nitrogens with two attached hydrogens (primary N) is 1. The summed E-state index contributed by atoms with van der Waals surface area (Å²) in [6, 6.07) is 6.79. The third kappa shape index (κ3) is 2.91. The molecule has 0 radical (unpaired) electrons. The number of benzene rings is 1. The summed E-state index contributed by atoms with van der Waals surface area (Å²) in [4.78, 5) is 17.6. The molecule has 0 saturated heterocycles. The van der Waals surface area contributed by atoms with Crippen LogP contribution in [0, 0.1) is 10.1 Å².